The zero-order valence-electron chi connectivity index (χ0n) is 14.1. The van der Waals surface area contributed by atoms with E-state index in [1.165, 1.54) is 0 Å². The van der Waals surface area contributed by atoms with E-state index in [1.807, 2.05) is 30.3 Å². The van der Waals surface area contributed by atoms with Crippen LogP contribution in [0.3, 0.4) is 0 Å². The van der Waals surface area contributed by atoms with Crippen molar-refractivity contribution < 1.29 is 14.3 Å². The van der Waals surface area contributed by atoms with Crippen LogP contribution in [0.5, 0.6) is 0 Å². The lowest BCUT2D eigenvalue weighted by Crippen LogP contribution is -2.43. The van der Waals surface area contributed by atoms with Crippen LogP contribution in [-0.2, 0) is 16.1 Å². The van der Waals surface area contributed by atoms with Gasteiger partial charge in [-0.25, -0.2) is 4.79 Å². The molecule has 1 aromatic carbocycles. The molecule has 2 aliphatic heterocycles. The topological polar surface area (TPSA) is 58.6 Å². The lowest BCUT2D eigenvalue weighted by Gasteiger charge is -2.33. The summed E-state index contributed by atoms with van der Waals surface area (Å²) >= 11 is 0. The fourth-order valence-electron chi connectivity index (χ4n) is 3.60. The van der Waals surface area contributed by atoms with Crippen molar-refractivity contribution in [2.24, 2.45) is 11.8 Å². The van der Waals surface area contributed by atoms with Crippen molar-refractivity contribution in [3.63, 3.8) is 0 Å². The molecule has 3 rings (SSSR count). The molecule has 0 radical (unpaired) electrons. The number of nitrogens with one attached hydrogen (secondary N) is 1. The molecule has 5 nitrogen and oxygen atoms in total. The number of carbonyl (C=O) groups is 2. The van der Waals surface area contributed by atoms with Gasteiger partial charge >= 0.3 is 6.09 Å². The van der Waals surface area contributed by atoms with E-state index in [9.17, 15) is 9.59 Å². The number of benzene rings is 1. The molecule has 0 unspecified atom stereocenters. The number of likely N-dealkylation sites (tertiary alicyclic amines) is 1. The van der Waals surface area contributed by atoms with Crippen molar-refractivity contribution in [2.45, 2.75) is 32.3 Å². The van der Waals surface area contributed by atoms with Crippen molar-refractivity contribution in [1.29, 1.82) is 0 Å². The number of hydrogen-bond acceptors (Lipinski definition) is 4. The van der Waals surface area contributed by atoms with Crippen LogP contribution in [0.15, 0.2) is 30.3 Å². The Morgan fingerprint density at radius 2 is 1.62 bits per heavy atom. The highest BCUT2D eigenvalue weighted by molar-refractivity contribution is 5.84. The second kappa shape index (κ2) is 8.29. The van der Waals surface area contributed by atoms with Crippen LogP contribution < -0.4 is 5.32 Å². The summed E-state index contributed by atoms with van der Waals surface area (Å²) in [6, 6.07) is 9.69. The largest absolute Gasteiger partial charge is 0.445 e. The molecule has 2 fully saturated rings. The summed E-state index contributed by atoms with van der Waals surface area (Å²) in [5, 5.41) is 3.30. The SMILES string of the molecule is O=C(C1CCNCC1)C1CCN(C(=O)OCc2ccccc2)CC1. The van der Waals surface area contributed by atoms with Gasteiger partial charge in [-0.2, -0.15) is 0 Å². The van der Waals surface area contributed by atoms with Crippen LogP contribution >= 0.6 is 0 Å². The number of Topliss-reactive ketones (excluding diaryl/α,β-unsaturated/α-hetero) is 1. The summed E-state index contributed by atoms with van der Waals surface area (Å²) in [5.74, 6) is 0.743. The number of hydrogen-bond donors (Lipinski definition) is 1. The third-order valence-electron chi connectivity index (χ3n) is 5.10. The van der Waals surface area contributed by atoms with Gasteiger partial charge in [-0.05, 0) is 44.3 Å². The summed E-state index contributed by atoms with van der Waals surface area (Å²) in [6.45, 7) is 3.43. The second-order valence-electron chi connectivity index (χ2n) is 6.73. The van der Waals surface area contributed by atoms with Gasteiger partial charge in [0.2, 0.25) is 0 Å². The average molecular weight is 330 g/mol. The molecule has 0 saturated carbocycles. The van der Waals surface area contributed by atoms with Gasteiger partial charge in [0.25, 0.3) is 0 Å². The van der Waals surface area contributed by atoms with Gasteiger partial charge in [-0.1, -0.05) is 30.3 Å². The van der Waals surface area contributed by atoms with Gasteiger partial charge in [0.15, 0.2) is 0 Å². The van der Waals surface area contributed by atoms with Crippen LogP contribution in [0.1, 0.15) is 31.2 Å². The van der Waals surface area contributed by atoms with E-state index in [1.54, 1.807) is 4.90 Å². The molecule has 0 aromatic heterocycles. The molecule has 24 heavy (non-hydrogen) atoms. The van der Waals surface area contributed by atoms with E-state index < -0.39 is 0 Å². The second-order valence-corrected chi connectivity index (χ2v) is 6.73. The minimum Gasteiger partial charge on any atom is -0.445 e. The van der Waals surface area contributed by atoms with E-state index >= 15 is 0 Å². The number of amides is 1. The standard InChI is InChI=1S/C19H26N2O3/c22-18(16-6-10-20-11-7-16)17-8-12-21(13-9-17)19(23)24-14-15-4-2-1-3-5-15/h1-5,16-17,20H,6-14H2. The zero-order chi connectivity index (χ0) is 16.8. The van der Waals surface area contributed by atoms with Crippen molar-refractivity contribution in [1.82, 2.24) is 10.2 Å². The molecule has 0 aliphatic carbocycles. The lowest BCUT2D eigenvalue weighted by molar-refractivity contribution is -0.129. The van der Waals surface area contributed by atoms with Gasteiger partial charge in [0.05, 0.1) is 0 Å². The highest BCUT2D eigenvalue weighted by Gasteiger charge is 2.32. The molecule has 1 aromatic rings. The van der Waals surface area contributed by atoms with Crippen LogP contribution in [0.4, 0.5) is 4.79 Å². The molecule has 1 amide bonds. The van der Waals surface area contributed by atoms with Crippen LogP contribution in [-0.4, -0.2) is 43.0 Å². The van der Waals surface area contributed by atoms with Crippen LogP contribution in [0.25, 0.3) is 0 Å². The quantitative estimate of drug-likeness (QED) is 0.922. The molecule has 0 atom stereocenters. The van der Waals surface area contributed by atoms with Crippen LogP contribution in [0.2, 0.25) is 0 Å². The first-order valence-corrected chi connectivity index (χ1v) is 8.94. The Kier molecular flexibility index (Phi) is 5.86. The first-order valence-electron chi connectivity index (χ1n) is 8.94. The Hall–Kier alpha value is -1.88. The van der Waals surface area contributed by atoms with Crippen molar-refractivity contribution in [2.75, 3.05) is 26.2 Å². The third-order valence-corrected chi connectivity index (χ3v) is 5.10. The Labute approximate surface area is 143 Å². The van der Waals surface area contributed by atoms with Crippen molar-refractivity contribution in [3.05, 3.63) is 35.9 Å². The molecule has 0 bridgehead atoms. The maximum atomic E-state index is 12.6. The highest BCUT2D eigenvalue weighted by atomic mass is 16.6. The van der Waals surface area contributed by atoms with Gasteiger partial charge in [-0.15, -0.1) is 0 Å². The summed E-state index contributed by atoms with van der Waals surface area (Å²) in [6.07, 6.45) is 3.18. The van der Waals surface area contributed by atoms with E-state index in [2.05, 4.69) is 5.32 Å². The molecule has 2 aliphatic rings. The van der Waals surface area contributed by atoms with E-state index in [0.29, 0.717) is 25.5 Å². The highest BCUT2D eigenvalue weighted by Crippen LogP contribution is 2.25. The third kappa shape index (κ3) is 4.35. The van der Waals surface area contributed by atoms with E-state index in [0.717, 1.165) is 44.3 Å². The van der Waals surface area contributed by atoms with Gasteiger partial charge in [-0.3, -0.25) is 4.79 Å². The van der Waals surface area contributed by atoms with Crippen molar-refractivity contribution in [3.8, 4) is 0 Å². The lowest BCUT2D eigenvalue weighted by atomic mass is 9.82. The number of ether oxygens (including phenoxy) is 1. The smallest absolute Gasteiger partial charge is 0.410 e. The zero-order valence-corrected chi connectivity index (χ0v) is 14.1. The fourth-order valence-corrected chi connectivity index (χ4v) is 3.60. The maximum Gasteiger partial charge on any atom is 0.410 e. The number of rotatable bonds is 4. The number of carbonyl (C=O) groups excluding carboxylic acids is 2. The predicted molar refractivity (Wildman–Crippen MR) is 91.5 cm³/mol. The molecule has 1 N–H and O–H groups in total. The molecule has 5 heteroatoms. The molecule has 130 valence electrons. The number of ketones is 1. The van der Waals surface area contributed by atoms with Gasteiger partial charge < -0.3 is 15.0 Å². The van der Waals surface area contributed by atoms with Gasteiger partial charge in [0, 0.05) is 24.9 Å². The Morgan fingerprint density at radius 1 is 1.00 bits per heavy atom. The summed E-state index contributed by atoms with van der Waals surface area (Å²) in [5.41, 5.74) is 0.988. The van der Waals surface area contributed by atoms with Crippen LogP contribution in [0, 0.1) is 11.8 Å². The fraction of sp³-hybridized carbons (Fsp3) is 0.579. The minimum absolute atomic E-state index is 0.117. The summed E-state index contributed by atoms with van der Waals surface area (Å²) in [7, 11) is 0. The minimum atomic E-state index is -0.272. The molecular formula is C19H26N2O3. The van der Waals surface area contributed by atoms with E-state index in [-0.39, 0.29) is 17.9 Å². The first kappa shape index (κ1) is 17.0. The Morgan fingerprint density at radius 3 is 2.29 bits per heavy atom. The molecule has 2 heterocycles. The average Bonchev–Trinajstić information content (AvgIpc) is 2.67. The first-order chi connectivity index (χ1) is 11.7. The molecular weight excluding hydrogens is 304 g/mol. The molecule has 0 spiro atoms. The Bertz CT molecular complexity index is 547. The molecule has 2 saturated heterocycles. The van der Waals surface area contributed by atoms with Gasteiger partial charge in [0.1, 0.15) is 12.4 Å². The maximum absolute atomic E-state index is 12.6. The van der Waals surface area contributed by atoms with Crippen molar-refractivity contribution >= 4 is 11.9 Å². The number of piperidine rings is 2. The predicted octanol–water partition coefficient (Wildman–Crippen LogP) is 2.60. The monoisotopic (exact) mass is 330 g/mol. The van der Waals surface area contributed by atoms with E-state index in [4.69, 9.17) is 4.74 Å². The Balaban J connectivity index is 1.42. The summed E-state index contributed by atoms with van der Waals surface area (Å²) in [4.78, 5) is 26.5. The normalized spacial score (nSPS) is 19.9. The number of nitrogens with zero attached hydrogens (tertiary/aromatic N) is 1. The summed E-state index contributed by atoms with van der Waals surface area (Å²) < 4.78 is 5.37.